The third kappa shape index (κ3) is 2.95. The average molecular weight is 345 g/mol. The minimum absolute atomic E-state index is 0.105. The van der Waals surface area contributed by atoms with E-state index in [0.717, 1.165) is 30.2 Å². The molecule has 104 valence electrons. The molecule has 1 aromatic carbocycles. The molecular formula is C13H17BrN2O2S. The molecule has 4 nitrogen and oxygen atoms in total. The van der Waals surface area contributed by atoms with E-state index in [-0.39, 0.29) is 16.6 Å². The first-order chi connectivity index (χ1) is 8.97. The summed E-state index contributed by atoms with van der Waals surface area (Å²) in [7, 11) is -3.51. The van der Waals surface area contributed by atoms with Gasteiger partial charge < -0.3 is 5.73 Å². The Morgan fingerprint density at radius 1 is 1.21 bits per heavy atom. The van der Waals surface area contributed by atoms with Crippen molar-refractivity contribution in [2.45, 2.75) is 36.6 Å². The predicted molar refractivity (Wildman–Crippen MR) is 78.1 cm³/mol. The Kier molecular flexibility index (Phi) is 3.35. The number of hydrogen-bond acceptors (Lipinski definition) is 3. The number of nitrogens with two attached hydrogens (primary N) is 1. The Bertz CT molecular complexity index is 583. The molecule has 3 rings (SSSR count). The second-order valence-corrected chi connectivity index (χ2v) is 8.10. The van der Waals surface area contributed by atoms with Crippen molar-refractivity contribution >= 4 is 31.6 Å². The second kappa shape index (κ2) is 4.75. The molecule has 0 atom stereocenters. The lowest BCUT2D eigenvalue weighted by Gasteiger charge is -2.18. The van der Waals surface area contributed by atoms with E-state index in [1.807, 2.05) is 0 Å². The van der Waals surface area contributed by atoms with Crippen LogP contribution in [0.15, 0.2) is 27.6 Å². The Hall–Kier alpha value is -0.590. The Morgan fingerprint density at radius 2 is 1.79 bits per heavy atom. The van der Waals surface area contributed by atoms with Crippen molar-refractivity contribution in [1.82, 2.24) is 4.72 Å². The molecule has 0 aliphatic heterocycles. The molecule has 0 unspecified atom stereocenters. The van der Waals surface area contributed by atoms with Gasteiger partial charge >= 0.3 is 0 Å². The number of nitrogens with one attached hydrogen (secondary N) is 1. The molecule has 0 bridgehead atoms. The van der Waals surface area contributed by atoms with Gasteiger partial charge in [-0.05, 0) is 55.7 Å². The largest absolute Gasteiger partial charge is 0.398 e. The molecule has 0 amide bonds. The maximum absolute atomic E-state index is 12.4. The predicted octanol–water partition coefficient (Wildman–Crippen LogP) is 2.50. The van der Waals surface area contributed by atoms with E-state index in [1.165, 1.54) is 0 Å². The van der Waals surface area contributed by atoms with Crippen LogP contribution in [0, 0.1) is 11.8 Å². The highest BCUT2D eigenvalue weighted by Crippen LogP contribution is 2.45. The monoisotopic (exact) mass is 344 g/mol. The van der Waals surface area contributed by atoms with Gasteiger partial charge in [0.1, 0.15) is 4.90 Å². The molecule has 6 heteroatoms. The third-order valence-electron chi connectivity index (χ3n) is 3.81. The number of rotatable bonds is 5. The minimum atomic E-state index is -3.51. The van der Waals surface area contributed by atoms with Gasteiger partial charge in [0.2, 0.25) is 10.0 Å². The molecule has 2 aliphatic rings. The van der Waals surface area contributed by atoms with Gasteiger partial charge in [-0.3, -0.25) is 0 Å². The number of benzene rings is 1. The lowest BCUT2D eigenvalue weighted by Crippen LogP contribution is -2.38. The van der Waals surface area contributed by atoms with Gasteiger partial charge in [-0.1, -0.05) is 15.9 Å². The minimum Gasteiger partial charge on any atom is -0.398 e. The van der Waals surface area contributed by atoms with E-state index in [0.29, 0.717) is 11.8 Å². The second-order valence-electron chi connectivity index (χ2n) is 5.50. The van der Waals surface area contributed by atoms with E-state index in [2.05, 4.69) is 20.7 Å². The van der Waals surface area contributed by atoms with Crippen molar-refractivity contribution in [3.8, 4) is 0 Å². The highest BCUT2D eigenvalue weighted by molar-refractivity contribution is 9.10. The number of sulfonamides is 1. The summed E-state index contributed by atoms with van der Waals surface area (Å²) < 4.78 is 28.5. The number of halogens is 1. The van der Waals surface area contributed by atoms with Gasteiger partial charge in [-0.2, -0.15) is 0 Å². The van der Waals surface area contributed by atoms with E-state index in [4.69, 9.17) is 5.73 Å². The maximum Gasteiger partial charge on any atom is 0.242 e. The zero-order chi connectivity index (χ0) is 13.6. The van der Waals surface area contributed by atoms with Crippen LogP contribution < -0.4 is 10.5 Å². The molecular weight excluding hydrogens is 328 g/mol. The van der Waals surface area contributed by atoms with Gasteiger partial charge in [-0.25, -0.2) is 13.1 Å². The molecule has 19 heavy (non-hydrogen) atoms. The van der Waals surface area contributed by atoms with Crippen molar-refractivity contribution in [1.29, 1.82) is 0 Å². The average Bonchev–Trinajstić information content (AvgIpc) is 3.18. The first kappa shape index (κ1) is 13.4. The van der Waals surface area contributed by atoms with Crippen LogP contribution in [0.4, 0.5) is 5.69 Å². The molecule has 0 saturated heterocycles. The Morgan fingerprint density at radius 3 is 2.26 bits per heavy atom. The third-order valence-corrected chi connectivity index (χ3v) is 5.84. The van der Waals surface area contributed by atoms with Gasteiger partial charge in [0.25, 0.3) is 0 Å². The van der Waals surface area contributed by atoms with Crippen molar-refractivity contribution in [2.75, 3.05) is 5.73 Å². The van der Waals surface area contributed by atoms with Crippen LogP contribution in [0.2, 0.25) is 0 Å². The lowest BCUT2D eigenvalue weighted by atomic mass is 10.1. The lowest BCUT2D eigenvalue weighted by molar-refractivity contribution is 0.471. The molecule has 3 N–H and O–H groups in total. The van der Waals surface area contributed by atoms with Crippen LogP contribution in [-0.4, -0.2) is 14.5 Å². The molecule has 0 heterocycles. The zero-order valence-corrected chi connectivity index (χ0v) is 12.9. The number of hydrogen-bond donors (Lipinski definition) is 2. The SMILES string of the molecule is Nc1cc(Br)ccc1S(=O)(=O)NC(C1CC1)C1CC1. The van der Waals surface area contributed by atoms with Gasteiger partial charge in [0.05, 0.1) is 5.69 Å². The maximum atomic E-state index is 12.4. The van der Waals surface area contributed by atoms with Crippen LogP contribution >= 0.6 is 15.9 Å². The smallest absolute Gasteiger partial charge is 0.242 e. The molecule has 0 radical (unpaired) electrons. The van der Waals surface area contributed by atoms with Crippen LogP contribution in [0.3, 0.4) is 0 Å². The van der Waals surface area contributed by atoms with Crippen LogP contribution in [0.25, 0.3) is 0 Å². The van der Waals surface area contributed by atoms with E-state index in [9.17, 15) is 8.42 Å². The van der Waals surface area contributed by atoms with Crippen LogP contribution in [-0.2, 0) is 10.0 Å². The fourth-order valence-electron chi connectivity index (χ4n) is 2.49. The summed E-state index contributed by atoms with van der Waals surface area (Å²) in [6.07, 6.45) is 4.55. The number of anilines is 1. The van der Waals surface area contributed by atoms with Crippen LogP contribution in [0.1, 0.15) is 25.7 Å². The molecule has 0 aromatic heterocycles. The van der Waals surface area contributed by atoms with E-state index >= 15 is 0 Å². The normalized spacial score (nSPS) is 19.9. The number of nitrogen functional groups attached to an aromatic ring is 1. The van der Waals surface area contributed by atoms with E-state index in [1.54, 1.807) is 18.2 Å². The summed E-state index contributed by atoms with van der Waals surface area (Å²) in [5, 5.41) is 0. The topological polar surface area (TPSA) is 72.2 Å². The van der Waals surface area contributed by atoms with Crippen LogP contribution in [0.5, 0.6) is 0 Å². The standard InChI is InChI=1S/C13H17BrN2O2S/c14-10-5-6-12(11(15)7-10)19(17,18)16-13(8-1-2-8)9-3-4-9/h5-9,13,16H,1-4,15H2. The van der Waals surface area contributed by atoms with Gasteiger partial charge in [0, 0.05) is 10.5 Å². The fraction of sp³-hybridized carbons (Fsp3) is 0.538. The summed E-state index contributed by atoms with van der Waals surface area (Å²) in [5.41, 5.74) is 6.10. The molecule has 2 saturated carbocycles. The Labute approximate surface area is 121 Å². The van der Waals surface area contributed by atoms with Crippen molar-refractivity contribution < 1.29 is 8.42 Å². The van der Waals surface area contributed by atoms with Gasteiger partial charge in [0.15, 0.2) is 0 Å². The summed E-state index contributed by atoms with van der Waals surface area (Å²) in [5.74, 6) is 1.05. The van der Waals surface area contributed by atoms with Crippen molar-refractivity contribution in [2.24, 2.45) is 11.8 Å². The molecule has 0 spiro atoms. The van der Waals surface area contributed by atoms with Crippen molar-refractivity contribution in [3.63, 3.8) is 0 Å². The molecule has 2 aliphatic carbocycles. The summed E-state index contributed by atoms with van der Waals surface area (Å²) in [6.45, 7) is 0. The molecule has 1 aromatic rings. The fourth-order valence-corrected chi connectivity index (χ4v) is 4.36. The summed E-state index contributed by atoms with van der Waals surface area (Å²) in [6, 6.07) is 4.98. The summed E-state index contributed by atoms with van der Waals surface area (Å²) >= 11 is 3.29. The van der Waals surface area contributed by atoms with E-state index < -0.39 is 10.0 Å². The Balaban J connectivity index is 1.85. The quantitative estimate of drug-likeness (QED) is 0.806. The zero-order valence-electron chi connectivity index (χ0n) is 10.5. The van der Waals surface area contributed by atoms with Crippen molar-refractivity contribution in [3.05, 3.63) is 22.7 Å². The first-order valence-corrected chi connectivity index (χ1v) is 8.82. The first-order valence-electron chi connectivity index (χ1n) is 6.55. The highest BCUT2D eigenvalue weighted by Gasteiger charge is 2.43. The molecule has 2 fully saturated rings. The summed E-state index contributed by atoms with van der Waals surface area (Å²) in [4.78, 5) is 0.182. The van der Waals surface area contributed by atoms with Gasteiger partial charge in [-0.15, -0.1) is 0 Å². The highest BCUT2D eigenvalue weighted by atomic mass is 79.9.